The molecule has 0 saturated heterocycles. The number of unbranched alkanes of at least 4 members (excludes halogenated alkanes) is 2. The Bertz CT molecular complexity index is 1110. The molecule has 0 fully saturated rings. The number of aryl methyl sites for hydroxylation is 2. The fraction of sp³-hybridized carbons (Fsp3) is 0.476. The molecule has 7 nitrogen and oxygen atoms in total. The standard InChI is InChI=1S/C21H25N5O2S2/c1-3-4-5-12-26-19(28)16-14-8-6-9-15(14)30-18(16)25-21(26)29-13(2)17(27)24-20-22-10-7-11-23-20/h7,10-11,13H,3-6,8-9,12H2,1-2H3,(H,22,23,24,27). The number of rotatable bonds is 8. The van der Waals surface area contributed by atoms with Gasteiger partial charge in [-0.25, -0.2) is 15.0 Å². The lowest BCUT2D eigenvalue weighted by Crippen LogP contribution is -2.27. The van der Waals surface area contributed by atoms with Crippen molar-refractivity contribution in [3.8, 4) is 0 Å². The van der Waals surface area contributed by atoms with E-state index < -0.39 is 5.25 Å². The molecule has 1 amide bonds. The molecule has 1 atom stereocenters. The summed E-state index contributed by atoms with van der Waals surface area (Å²) in [4.78, 5) is 41.0. The first-order valence-corrected chi connectivity index (χ1v) is 12.1. The van der Waals surface area contributed by atoms with E-state index in [-0.39, 0.29) is 17.4 Å². The number of nitrogens with zero attached hydrogens (tertiary/aromatic N) is 4. The Labute approximate surface area is 183 Å². The highest BCUT2D eigenvalue weighted by Crippen LogP contribution is 2.36. The highest BCUT2D eigenvalue weighted by molar-refractivity contribution is 8.00. The first-order chi connectivity index (χ1) is 14.6. The number of carbonyl (C=O) groups is 1. The molecule has 30 heavy (non-hydrogen) atoms. The van der Waals surface area contributed by atoms with Gasteiger partial charge in [0.2, 0.25) is 11.9 Å². The second-order valence-electron chi connectivity index (χ2n) is 7.42. The Morgan fingerprint density at radius 2 is 2.10 bits per heavy atom. The summed E-state index contributed by atoms with van der Waals surface area (Å²) in [6, 6.07) is 1.69. The Morgan fingerprint density at radius 3 is 2.87 bits per heavy atom. The highest BCUT2D eigenvalue weighted by atomic mass is 32.2. The Hall–Kier alpha value is -2.26. The molecule has 0 radical (unpaired) electrons. The van der Waals surface area contributed by atoms with E-state index in [0.717, 1.165) is 48.7 Å². The van der Waals surface area contributed by atoms with E-state index in [1.807, 2.05) is 6.92 Å². The molecule has 1 unspecified atom stereocenters. The molecule has 1 N–H and O–H groups in total. The summed E-state index contributed by atoms with van der Waals surface area (Å²) in [5, 5.41) is 3.69. The third kappa shape index (κ3) is 4.27. The molecule has 1 aliphatic carbocycles. The summed E-state index contributed by atoms with van der Waals surface area (Å²) < 4.78 is 1.77. The third-order valence-electron chi connectivity index (χ3n) is 5.23. The van der Waals surface area contributed by atoms with Crippen LogP contribution in [0.4, 0.5) is 5.95 Å². The second kappa shape index (κ2) is 9.26. The van der Waals surface area contributed by atoms with E-state index in [1.54, 1.807) is 34.4 Å². The van der Waals surface area contributed by atoms with Gasteiger partial charge in [0.05, 0.1) is 10.6 Å². The van der Waals surface area contributed by atoms with Gasteiger partial charge in [0.15, 0.2) is 5.16 Å². The molecule has 3 aromatic rings. The molecule has 9 heteroatoms. The predicted molar refractivity (Wildman–Crippen MR) is 121 cm³/mol. The van der Waals surface area contributed by atoms with Crippen molar-refractivity contribution in [1.82, 2.24) is 19.5 Å². The van der Waals surface area contributed by atoms with Crippen LogP contribution in [0.5, 0.6) is 0 Å². The van der Waals surface area contributed by atoms with Gasteiger partial charge in [0.25, 0.3) is 5.56 Å². The average molecular weight is 444 g/mol. The minimum Gasteiger partial charge on any atom is -0.294 e. The van der Waals surface area contributed by atoms with Crippen molar-refractivity contribution in [3.63, 3.8) is 0 Å². The summed E-state index contributed by atoms with van der Waals surface area (Å²) in [7, 11) is 0. The number of thioether (sulfide) groups is 1. The molecule has 0 aromatic carbocycles. The molecule has 0 aliphatic heterocycles. The molecule has 158 valence electrons. The smallest absolute Gasteiger partial charge is 0.263 e. The molecule has 0 bridgehead atoms. The van der Waals surface area contributed by atoms with Crippen molar-refractivity contribution < 1.29 is 4.79 Å². The van der Waals surface area contributed by atoms with E-state index in [0.29, 0.717) is 11.7 Å². The molecule has 3 aromatic heterocycles. The van der Waals surface area contributed by atoms with E-state index >= 15 is 0 Å². The van der Waals surface area contributed by atoms with Gasteiger partial charge >= 0.3 is 0 Å². The van der Waals surface area contributed by atoms with E-state index in [4.69, 9.17) is 4.98 Å². The number of amides is 1. The number of aromatic nitrogens is 4. The Morgan fingerprint density at radius 1 is 1.30 bits per heavy atom. The average Bonchev–Trinajstić information content (AvgIpc) is 3.32. The van der Waals surface area contributed by atoms with Crippen LogP contribution in [-0.2, 0) is 24.2 Å². The summed E-state index contributed by atoms with van der Waals surface area (Å²) in [6.07, 6.45) is 9.32. The Kier molecular flexibility index (Phi) is 6.48. The van der Waals surface area contributed by atoms with E-state index in [9.17, 15) is 9.59 Å². The number of hydrogen-bond donors (Lipinski definition) is 1. The van der Waals surface area contributed by atoms with Gasteiger partial charge in [-0.05, 0) is 44.2 Å². The van der Waals surface area contributed by atoms with Gasteiger partial charge in [-0.2, -0.15) is 0 Å². The maximum absolute atomic E-state index is 13.4. The van der Waals surface area contributed by atoms with Gasteiger partial charge in [-0.3, -0.25) is 19.5 Å². The van der Waals surface area contributed by atoms with Crippen molar-refractivity contribution in [1.29, 1.82) is 0 Å². The lowest BCUT2D eigenvalue weighted by Gasteiger charge is -2.15. The van der Waals surface area contributed by atoms with Gasteiger partial charge in [0.1, 0.15) is 4.83 Å². The zero-order valence-corrected chi connectivity index (χ0v) is 18.8. The molecule has 4 rings (SSSR count). The number of carbonyl (C=O) groups excluding carboxylic acids is 1. The predicted octanol–water partition coefficient (Wildman–Crippen LogP) is 4.05. The summed E-state index contributed by atoms with van der Waals surface area (Å²) >= 11 is 2.95. The minimum absolute atomic E-state index is 0.0389. The van der Waals surface area contributed by atoms with Gasteiger partial charge in [0, 0.05) is 23.8 Å². The molecule has 1 aliphatic rings. The van der Waals surface area contributed by atoms with Crippen LogP contribution in [0.2, 0.25) is 0 Å². The van der Waals surface area contributed by atoms with Crippen molar-refractivity contribution in [2.75, 3.05) is 5.32 Å². The number of nitrogens with one attached hydrogen (secondary N) is 1. The fourth-order valence-corrected chi connectivity index (χ4v) is 5.89. The summed E-state index contributed by atoms with van der Waals surface area (Å²) in [5.41, 5.74) is 1.23. The quantitative estimate of drug-likeness (QED) is 0.321. The topological polar surface area (TPSA) is 89.8 Å². The largest absolute Gasteiger partial charge is 0.294 e. The monoisotopic (exact) mass is 443 g/mol. The maximum Gasteiger partial charge on any atom is 0.263 e. The van der Waals surface area contributed by atoms with Crippen molar-refractivity contribution >= 4 is 45.2 Å². The molecule has 0 saturated carbocycles. The second-order valence-corrected chi connectivity index (χ2v) is 9.81. The molecular weight excluding hydrogens is 418 g/mol. The van der Waals surface area contributed by atoms with Crippen LogP contribution in [0.15, 0.2) is 28.4 Å². The fourth-order valence-electron chi connectivity index (χ4n) is 3.65. The van der Waals surface area contributed by atoms with E-state index in [2.05, 4.69) is 22.2 Å². The van der Waals surface area contributed by atoms with Crippen LogP contribution in [-0.4, -0.2) is 30.7 Å². The van der Waals surface area contributed by atoms with Gasteiger partial charge in [-0.15, -0.1) is 11.3 Å². The van der Waals surface area contributed by atoms with E-state index in [1.165, 1.54) is 22.2 Å². The van der Waals surface area contributed by atoms with Crippen molar-refractivity contribution in [2.45, 2.75) is 69.3 Å². The Balaban J connectivity index is 1.63. The maximum atomic E-state index is 13.4. The van der Waals surface area contributed by atoms with Crippen LogP contribution in [0.3, 0.4) is 0 Å². The van der Waals surface area contributed by atoms with Gasteiger partial charge < -0.3 is 0 Å². The zero-order chi connectivity index (χ0) is 21.1. The normalized spacial score (nSPS) is 14.1. The molecule has 3 heterocycles. The van der Waals surface area contributed by atoms with Crippen molar-refractivity contribution in [2.24, 2.45) is 0 Å². The first-order valence-electron chi connectivity index (χ1n) is 10.4. The molecular formula is C21H25N5O2S2. The summed E-state index contributed by atoms with van der Waals surface area (Å²) in [6.45, 7) is 4.58. The summed E-state index contributed by atoms with van der Waals surface area (Å²) in [5.74, 6) is 0.0581. The third-order valence-corrected chi connectivity index (χ3v) is 7.50. The lowest BCUT2D eigenvalue weighted by molar-refractivity contribution is -0.115. The van der Waals surface area contributed by atoms with Crippen molar-refractivity contribution in [3.05, 3.63) is 39.3 Å². The van der Waals surface area contributed by atoms with Crippen LogP contribution in [0, 0.1) is 0 Å². The number of thiophene rings is 1. The SMILES string of the molecule is CCCCCn1c(SC(C)C(=O)Nc2ncccn2)nc2sc3c(c2c1=O)CCC3. The number of hydrogen-bond acceptors (Lipinski definition) is 7. The first kappa shape index (κ1) is 21.0. The van der Waals surface area contributed by atoms with Crippen LogP contribution in [0.1, 0.15) is 50.0 Å². The minimum atomic E-state index is -0.442. The lowest BCUT2D eigenvalue weighted by atomic mass is 10.2. The number of fused-ring (bicyclic) bond motifs is 3. The number of anilines is 1. The van der Waals surface area contributed by atoms with Crippen LogP contribution < -0.4 is 10.9 Å². The molecule has 0 spiro atoms. The van der Waals surface area contributed by atoms with Crippen LogP contribution >= 0.6 is 23.1 Å². The highest BCUT2D eigenvalue weighted by Gasteiger charge is 2.25. The van der Waals surface area contributed by atoms with Crippen LogP contribution in [0.25, 0.3) is 10.2 Å². The van der Waals surface area contributed by atoms with Gasteiger partial charge in [-0.1, -0.05) is 31.5 Å². The zero-order valence-electron chi connectivity index (χ0n) is 17.2.